The number of hydrogen-bond acceptors (Lipinski definition) is 4. The van der Waals surface area contributed by atoms with Crippen LogP contribution in [0, 0.1) is 0 Å². The zero-order chi connectivity index (χ0) is 11.0. The molecule has 5 heteroatoms. The van der Waals surface area contributed by atoms with Crippen LogP contribution in [0.25, 0.3) is 10.2 Å². The van der Waals surface area contributed by atoms with Gasteiger partial charge in [-0.05, 0) is 31.2 Å². The Hall–Kier alpha value is -0.650. The van der Waals surface area contributed by atoms with Gasteiger partial charge >= 0.3 is 0 Å². The maximum atomic E-state index is 4.58. The molecule has 0 aliphatic carbocycles. The molecule has 84 valence electrons. The highest BCUT2D eigenvalue weighted by molar-refractivity contribution is 9.10. The van der Waals surface area contributed by atoms with E-state index >= 15 is 0 Å². The summed E-state index contributed by atoms with van der Waals surface area (Å²) in [6.07, 6.45) is 1.18. The van der Waals surface area contributed by atoms with E-state index in [-0.39, 0.29) is 0 Å². The third-order valence-electron chi connectivity index (χ3n) is 2.74. The number of nitrogens with one attached hydrogen (secondary N) is 2. The summed E-state index contributed by atoms with van der Waals surface area (Å²) in [5, 5.41) is 7.85. The molecule has 0 saturated carbocycles. The molecule has 16 heavy (non-hydrogen) atoms. The van der Waals surface area contributed by atoms with Gasteiger partial charge in [0.25, 0.3) is 0 Å². The lowest BCUT2D eigenvalue weighted by Gasteiger charge is -2.08. The van der Waals surface area contributed by atoms with Gasteiger partial charge in [0, 0.05) is 17.1 Å². The maximum absolute atomic E-state index is 4.58. The Balaban J connectivity index is 1.86. The quantitative estimate of drug-likeness (QED) is 0.895. The lowest BCUT2D eigenvalue weighted by molar-refractivity contribution is 0.792. The monoisotopic (exact) mass is 297 g/mol. The summed E-state index contributed by atoms with van der Waals surface area (Å²) in [5.74, 6) is 0. The van der Waals surface area contributed by atoms with Crippen molar-refractivity contribution in [1.82, 2.24) is 10.3 Å². The first-order valence-corrected chi connectivity index (χ1v) is 6.95. The van der Waals surface area contributed by atoms with E-state index in [1.807, 2.05) is 12.1 Å². The summed E-state index contributed by atoms with van der Waals surface area (Å²) in [4.78, 5) is 4.58. The zero-order valence-corrected chi connectivity index (χ0v) is 11.1. The van der Waals surface area contributed by atoms with Crippen LogP contribution in [0.4, 0.5) is 5.13 Å². The number of fused-ring (bicyclic) bond motifs is 1. The fraction of sp³-hybridized carbons (Fsp3) is 0.364. The summed E-state index contributed by atoms with van der Waals surface area (Å²) < 4.78 is 2.33. The lowest BCUT2D eigenvalue weighted by atomic mass is 10.3. The standard InChI is InChI=1S/C11H12BrN3S/c12-7-1-2-9-10(5-7)16-11(15-9)14-8-3-4-13-6-8/h1-2,5,8,13H,3-4,6H2,(H,14,15). The largest absolute Gasteiger partial charge is 0.357 e. The molecule has 1 saturated heterocycles. The minimum atomic E-state index is 0.531. The van der Waals surface area contributed by atoms with Gasteiger partial charge in [0.1, 0.15) is 0 Å². The Morgan fingerprint density at radius 2 is 2.44 bits per heavy atom. The van der Waals surface area contributed by atoms with Gasteiger partial charge in [0.15, 0.2) is 5.13 Å². The van der Waals surface area contributed by atoms with E-state index in [1.165, 1.54) is 11.1 Å². The van der Waals surface area contributed by atoms with Crippen molar-refractivity contribution in [3.8, 4) is 0 Å². The number of hydrogen-bond donors (Lipinski definition) is 2. The van der Waals surface area contributed by atoms with Gasteiger partial charge in [-0.2, -0.15) is 0 Å². The first-order chi connectivity index (χ1) is 7.81. The number of anilines is 1. The minimum Gasteiger partial charge on any atom is -0.357 e. The predicted molar refractivity (Wildman–Crippen MR) is 72.2 cm³/mol. The Morgan fingerprint density at radius 1 is 1.50 bits per heavy atom. The maximum Gasteiger partial charge on any atom is 0.184 e. The fourth-order valence-electron chi connectivity index (χ4n) is 1.91. The molecule has 1 atom stereocenters. The highest BCUT2D eigenvalue weighted by Gasteiger charge is 2.15. The second kappa shape index (κ2) is 4.31. The molecule has 1 unspecified atom stereocenters. The smallest absolute Gasteiger partial charge is 0.184 e. The first kappa shape index (κ1) is 10.5. The number of nitrogens with zero attached hydrogens (tertiary/aromatic N) is 1. The van der Waals surface area contributed by atoms with Crippen LogP contribution in [0.5, 0.6) is 0 Å². The van der Waals surface area contributed by atoms with E-state index in [2.05, 4.69) is 37.6 Å². The Bertz CT molecular complexity index is 505. The highest BCUT2D eigenvalue weighted by Crippen LogP contribution is 2.29. The second-order valence-corrected chi connectivity index (χ2v) is 5.91. The molecule has 3 nitrogen and oxygen atoms in total. The number of rotatable bonds is 2. The van der Waals surface area contributed by atoms with Crippen molar-refractivity contribution < 1.29 is 0 Å². The van der Waals surface area contributed by atoms with Crippen LogP contribution in [-0.4, -0.2) is 24.1 Å². The fourth-order valence-corrected chi connectivity index (χ4v) is 3.41. The summed E-state index contributed by atoms with van der Waals surface area (Å²) in [7, 11) is 0. The van der Waals surface area contributed by atoms with Crippen molar-refractivity contribution >= 4 is 42.6 Å². The molecular weight excluding hydrogens is 286 g/mol. The van der Waals surface area contributed by atoms with Gasteiger partial charge in [-0.3, -0.25) is 0 Å². The molecule has 2 aromatic rings. The van der Waals surface area contributed by atoms with Crippen molar-refractivity contribution in [3.05, 3.63) is 22.7 Å². The Morgan fingerprint density at radius 3 is 3.25 bits per heavy atom. The third kappa shape index (κ3) is 2.07. The van der Waals surface area contributed by atoms with Crippen LogP contribution in [0.3, 0.4) is 0 Å². The molecule has 0 amide bonds. The van der Waals surface area contributed by atoms with Crippen molar-refractivity contribution in [2.45, 2.75) is 12.5 Å². The van der Waals surface area contributed by atoms with Crippen LogP contribution in [0.1, 0.15) is 6.42 Å². The topological polar surface area (TPSA) is 37.0 Å². The van der Waals surface area contributed by atoms with Gasteiger partial charge in [0.2, 0.25) is 0 Å². The summed E-state index contributed by atoms with van der Waals surface area (Å²) in [5.41, 5.74) is 1.07. The van der Waals surface area contributed by atoms with E-state index in [0.29, 0.717) is 6.04 Å². The molecular formula is C11H12BrN3S. The van der Waals surface area contributed by atoms with Crippen molar-refractivity contribution in [3.63, 3.8) is 0 Å². The molecule has 2 heterocycles. The third-order valence-corrected chi connectivity index (χ3v) is 4.18. The number of thiazole rings is 1. The van der Waals surface area contributed by atoms with Crippen LogP contribution in [0.2, 0.25) is 0 Å². The van der Waals surface area contributed by atoms with Gasteiger partial charge < -0.3 is 10.6 Å². The van der Waals surface area contributed by atoms with Crippen LogP contribution in [-0.2, 0) is 0 Å². The number of halogens is 1. The van der Waals surface area contributed by atoms with Crippen LogP contribution in [0.15, 0.2) is 22.7 Å². The molecule has 1 aromatic carbocycles. The second-order valence-electron chi connectivity index (χ2n) is 3.97. The van der Waals surface area contributed by atoms with E-state index in [9.17, 15) is 0 Å². The zero-order valence-electron chi connectivity index (χ0n) is 8.66. The summed E-state index contributed by atoms with van der Waals surface area (Å²) in [6, 6.07) is 6.73. The highest BCUT2D eigenvalue weighted by atomic mass is 79.9. The average Bonchev–Trinajstić information content (AvgIpc) is 2.86. The molecule has 0 bridgehead atoms. The van der Waals surface area contributed by atoms with Crippen LogP contribution < -0.4 is 10.6 Å². The van der Waals surface area contributed by atoms with E-state index < -0.39 is 0 Å². The number of aromatic nitrogens is 1. The van der Waals surface area contributed by atoms with Gasteiger partial charge in [0.05, 0.1) is 10.2 Å². The Labute approximate surface area is 106 Å². The van der Waals surface area contributed by atoms with Crippen molar-refractivity contribution in [2.75, 3.05) is 18.4 Å². The SMILES string of the molecule is Brc1ccc2nc(NC3CCNC3)sc2c1. The van der Waals surface area contributed by atoms with E-state index in [0.717, 1.165) is 28.2 Å². The predicted octanol–water partition coefficient (Wildman–Crippen LogP) is 2.83. The van der Waals surface area contributed by atoms with Gasteiger partial charge in [-0.15, -0.1) is 0 Å². The normalized spacial score (nSPS) is 20.4. The van der Waals surface area contributed by atoms with E-state index in [1.54, 1.807) is 11.3 Å². The molecule has 0 radical (unpaired) electrons. The molecule has 1 aromatic heterocycles. The van der Waals surface area contributed by atoms with E-state index in [4.69, 9.17) is 0 Å². The van der Waals surface area contributed by atoms with Crippen molar-refractivity contribution in [2.24, 2.45) is 0 Å². The minimum absolute atomic E-state index is 0.531. The Kier molecular flexibility index (Phi) is 2.83. The number of benzene rings is 1. The molecule has 1 aliphatic rings. The molecule has 0 spiro atoms. The molecule has 1 fully saturated rings. The van der Waals surface area contributed by atoms with Gasteiger partial charge in [-0.25, -0.2) is 4.98 Å². The lowest BCUT2D eigenvalue weighted by Crippen LogP contribution is -2.21. The molecule has 3 rings (SSSR count). The summed E-state index contributed by atoms with van der Waals surface area (Å²) in [6.45, 7) is 2.15. The van der Waals surface area contributed by atoms with Gasteiger partial charge in [-0.1, -0.05) is 27.3 Å². The summed E-state index contributed by atoms with van der Waals surface area (Å²) >= 11 is 5.20. The molecule has 2 N–H and O–H groups in total. The van der Waals surface area contributed by atoms with Crippen molar-refractivity contribution in [1.29, 1.82) is 0 Å². The first-order valence-electron chi connectivity index (χ1n) is 5.34. The average molecular weight is 298 g/mol. The molecule has 1 aliphatic heterocycles. The van der Waals surface area contributed by atoms with Crippen LogP contribution >= 0.6 is 27.3 Å².